The predicted octanol–water partition coefficient (Wildman–Crippen LogP) is -1.25. The molecule has 0 bridgehead atoms. The topological polar surface area (TPSA) is 106 Å². The number of β-amino-alcohol motifs (C(OH)–C–C–N with tert-alkyl or cyclic N) is 1. The molecule has 0 spiro atoms. The molecule has 0 unspecified atom stereocenters. The number of hydrogen-bond donors (Lipinski definition) is 3. The number of nitrogens with zero attached hydrogens (tertiary/aromatic N) is 3. The van der Waals surface area contributed by atoms with Crippen LogP contribution in [0.4, 0.5) is 0 Å². The molecule has 0 aliphatic carbocycles. The molecule has 2 rings (SSSR count). The van der Waals surface area contributed by atoms with E-state index in [1.807, 2.05) is 0 Å². The molecule has 122 valence electrons. The highest BCUT2D eigenvalue weighted by atomic mass is 16.4. The number of hydrogen-bond acceptors (Lipinski definition) is 6. The van der Waals surface area contributed by atoms with Gasteiger partial charge in [0.15, 0.2) is 5.75 Å². The molecule has 3 N–H and O–H groups in total. The van der Waals surface area contributed by atoms with Crippen LogP contribution in [0, 0.1) is 0 Å². The molecule has 22 heavy (non-hydrogen) atoms. The van der Waals surface area contributed by atoms with E-state index in [4.69, 9.17) is 10.2 Å². The van der Waals surface area contributed by atoms with Crippen LogP contribution in [0.2, 0.25) is 0 Å². The van der Waals surface area contributed by atoms with Gasteiger partial charge in [-0.05, 0) is 0 Å². The van der Waals surface area contributed by atoms with Crippen molar-refractivity contribution in [2.75, 3.05) is 39.3 Å². The maximum atomic E-state index is 11.6. The first kappa shape index (κ1) is 16.5. The first-order valence-electron chi connectivity index (χ1n) is 7.19. The molecular weight excluding hydrogens is 290 g/mol. The highest BCUT2D eigenvalue weighted by Crippen LogP contribution is 2.10. The Labute approximate surface area is 127 Å². The standard InChI is InChI=1S/C14H21N3O5/c18-6-5-15-1-3-16(4-2-15)8-11-7-12(19)13(20)9-17(11)10-14(21)22/h7,9,18,20H,1-6,8,10H2,(H,21,22). The molecule has 1 aliphatic heterocycles. The summed E-state index contributed by atoms with van der Waals surface area (Å²) in [5.74, 6) is -1.48. The van der Waals surface area contributed by atoms with Crippen LogP contribution in [-0.4, -0.2) is 75.0 Å². The van der Waals surface area contributed by atoms with E-state index in [2.05, 4.69) is 9.80 Å². The number of piperazine rings is 1. The number of carboxylic acid groups (broad SMARTS) is 1. The van der Waals surface area contributed by atoms with Crippen molar-refractivity contribution in [3.8, 4) is 5.75 Å². The lowest BCUT2D eigenvalue weighted by molar-refractivity contribution is -0.137. The Morgan fingerprint density at radius 1 is 1.18 bits per heavy atom. The van der Waals surface area contributed by atoms with Crippen LogP contribution >= 0.6 is 0 Å². The summed E-state index contributed by atoms with van der Waals surface area (Å²) in [6, 6.07) is 1.29. The third kappa shape index (κ3) is 4.30. The van der Waals surface area contributed by atoms with E-state index < -0.39 is 17.1 Å². The van der Waals surface area contributed by atoms with Crippen LogP contribution in [0.15, 0.2) is 17.1 Å². The number of carbonyl (C=O) groups is 1. The summed E-state index contributed by atoms with van der Waals surface area (Å²) in [5.41, 5.74) is 0.0661. The molecule has 8 heteroatoms. The molecule has 1 aromatic rings. The molecular formula is C14H21N3O5. The van der Waals surface area contributed by atoms with E-state index in [1.54, 1.807) is 0 Å². The van der Waals surface area contributed by atoms with Crippen molar-refractivity contribution in [3.05, 3.63) is 28.2 Å². The summed E-state index contributed by atoms with van der Waals surface area (Å²) in [6.07, 6.45) is 1.17. The smallest absolute Gasteiger partial charge is 0.323 e. The maximum Gasteiger partial charge on any atom is 0.323 e. The second-order valence-corrected chi connectivity index (χ2v) is 5.38. The fourth-order valence-electron chi connectivity index (χ4n) is 2.57. The average Bonchev–Trinajstić information content (AvgIpc) is 2.46. The predicted molar refractivity (Wildman–Crippen MR) is 78.8 cm³/mol. The van der Waals surface area contributed by atoms with Gasteiger partial charge in [-0.15, -0.1) is 0 Å². The van der Waals surface area contributed by atoms with E-state index in [1.165, 1.54) is 16.8 Å². The van der Waals surface area contributed by atoms with Crippen molar-refractivity contribution >= 4 is 5.97 Å². The number of aromatic hydroxyl groups is 1. The molecule has 1 fully saturated rings. The number of rotatable bonds is 6. The monoisotopic (exact) mass is 311 g/mol. The van der Waals surface area contributed by atoms with Gasteiger partial charge in [-0.25, -0.2) is 0 Å². The van der Waals surface area contributed by atoms with Gasteiger partial charge in [0.25, 0.3) is 0 Å². The lowest BCUT2D eigenvalue weighted by Gasteiger charge is -2.34. The van der Waals surface area contributed by atoms with E-state index in [9.17, 15) is 14.7 Å². The minimum Gasteiger partial charge on any atom is -0.503 e. The summed E-state index contributed by atoms with van der Waals surface area (Å²) in [7, 11) is 0. The van der Waals surface area contributed by atoms with E-state index in [0.717, 1.165) is 26.2 Å². The molecule has 0 saturated carbocycles. The van der Waals surface area contributed by atoms with Crippen LogP contribution < -0.4 is 5.43 Å². The fourth-order valence-corrected chi connectivity index (χ4v) is 2.57. The van der Waals surface area contributed by atoms with Crippen LogP contribution in [-0.2, 0) is 17.9 Å². The summed E-state index contributed by atoms with van der Waals surface area (Å²) in [6.45, 7) is 4.14. The Hall–Kier alpha value is -1.90. The molecule has 0 amide bonds. The number of carboxylic acids is 1. The number of pyridine rings is 1. The van der Waals surface area contributed by atoms with Crippen molar-refractivity contribution in [1.82, 2.24) is 14.4 Å². The van der Waals surface area contributed by atoms with Crippen molar-refractivity contribution < 1.29 is 20.1 Å². The molecule has 1 aromatic heterocycles. The minimum absolute atomic E-state index is 0.135. The molecule has 0 radical (unpaired) electrons. The molecule has 2 heterocycles. The van der Waals surface area contributed by atoms with Gasteiger partial charge in [-0.2, -0.15) is 0 Å². The van der Waals surface area contributed by atoms with Gasteiger partial charge >= 0.3 is 5.97 Å². The zero-order chi connectivity index (χ0) is 16.1. The quantitative estimate of drug-likeness (QED) is 0.602. The second-order valence-electron chi connectivity index (χ2n) is 5.38. The highest BCUT2D eigenvalue weighted by Gasteiger charge is 2.18. The van der Waals surface area contributed by atoms with Gasteiger partial charge in [0, 0.05) is 51.0 Å². The van der Waals surface area contributed by atoms with Crippen molar-refractivity contribution in [1.29, 1.82) is 0 Å². The molecule has 8 nitrogen and oxygen atoms in total. The minimum atomic E-state index is -1.03. The molecule has 0 atom stereocenters. The van der Waals surface area contributed by atoms with Crippen LogP contribution in [0.3, 0.4) is 0 Å². The Balaban J connectivity index is 2.07. The third-order valence-electron chi connectivity index (χ3n) is 3.77. The van der Waals surface area contributed by atoms with Crippen LogP contribution in [0.5, 0.6) is 5.75 Å². The Kier molecular flexibility index (Phi) is 5.53. The van der Waals surface area contributed by atoms with E-state index >= 15 is 0 Å². The van der Waals surface area contributed by atoms with Gasteiger partial charge in [-0.3, -0.25) is 19.4 Å². The normalized spacial score (nSPS) is 16.8. The molecule has 1 saturated heterocycles. The molecule has 1 aliphatic rings. The first-order chi connectivity index (χ1) is 10.5. The average molecular weight is 311 g/mol. The Morgan fingerprint density at radius 3 is 2.41 bits per heavy atom. The number of aromatic nitrogens is 1. The van der Waals surface area contributed by atoms with Crippen LogP contribution in [0.1, 0.15) is 5.69 Å². The lowest BCUT2D eigenvalue weighted by Crippen LogP contribution is -2.47. The zero-order valence-corrected chi connectivity index (χ0v) is 12.3. The SMILES string of the molecule is O=C(O)Cn1cc(O)c(=O)cc1CN1CCN(CCO)CC1. The van der Waals surface area contributed by atoms with Gasteiger partial charge in [0.1, 0.15) is 6.54 Å². The molecule has 0 aromatic carbocycles. The fraction of sp³-hybridized carbons (Fsp3) is 0.571. The largest absolute Gasteiger partial charge is 0.503 e. The maximum absolute atomic E-state index is 11.6. The highest BCUT2D eigenvalue weighted by molar-refractivity contribution is 5.66. The van der Waals surface area contributed by atoms with Gasteiger partial charge in [-0.1, -0.05) is 0 Å². The summed E-state index contributed by atoms with van der Waals surface area (Å²) < 4.78 is 1.39. The summed E-state index contributed by atoms with van der Waals surface area (Å²) >= 11 is 0. The number of aliphatic carboxylic acids is 1. The van der Waals surface area contributed by atoms with Gasteiger partial charge in [0.05, 0.1) is 12.8 Å². The number of aliphatic hydroxyl groups excluding tert-OH is 1. The third-order valence-corrected chi connectivity index (χ3v) is 3.77. The second kappa shape index (κ2) is 7.39. The van der Waals surface area contributed by atoms with Crippen molar-refractivity contribution in [2.45, 2.75) is 13.1 Å². The summed E-state index contributed by atoms with van der Waals surface area (Å²) in [4.78, 5) is 26.8. The van der Waals surface area contributed by atoms with Gasteiger partial charge in [0.2, 0.25) is 5.43 Å². The number of aliphatic hydroxyl groups is 1. The summed E-state index contributed by atoms with van der Waals surface area (Å²) in [5, 5.41) is 27.3. The Bertz CT molecular complexity index is 578. The lowest BCUT2D eigenvalue weighted by atomic mass is 10.2. The van der Waals surface area contributed by atoms with Gasteiger partial charge < -0.3 is 19.9 Å². The van der Waals surface area contributed by atoms with Crippen LogP contribution in [0.25, 0.3) is 0 Å². The van der Waals surface area contributed by atoms with E-state index in [0.29, 0.717) is 18.8 Å². The van der Waals surface area contributed by atoms with E-state index in [-0.39, 0.29) is 13.2 Å². The van der Waals surface area contributed by atoms with Crippen molar-refractivity contribution in [3.63, 3.8) is 0 Å². The zero-order valence-electron chi connectivity index (χ0n) is 12.3. The van der Waals surface area contributed by atoms with Crippen molar-refractivity contribution in [2.24, 2.45) is 0 Å². The first-order valence-corrected chi connectivity index (χ1v) is 7.19. The Morgan fingerprint density at radius 2 is 1.82 bits per heavy atom.